The molecule has 2 aromatic heterocycles. The van der Waals surface area contributed by atoms with Crippen LogP contribution in [0.5, 0.6) is 0 Å². The molecule has 0 spiro atoms. The third-order valence-electron chi connectivity index (χ3n) is 3.32. The quantitative estimate of drug-likeness (QED) is 0.714. The Labute approximate surface area is 130 Å². The van der Waals surface area contributed by atoms with E-state index in [0.717, 1.165) is 5.39 Å². The predicted molar refractivity (Wildman–Crippen MR) is 84.6 cm³/mol. The van der Waals surface area contributed by atoms with E-state index in [9.17, 15) is 9.59 Å². The molecule has 0 aliphatic rings. The minimum absolute atomic E-state index is 0.164. The van der Waals surface area contributed by atoms with Gasteiger partial charge in [0, 0.05) is 24.0 Å². The maximum atomic E-state index is 12.4. The molecule has 0 unspecified atom stereocenters. The normalized spacial score (nSPS) is 12.0. The molecule has 0 saturated carbocycles. The highest BCUT2D eigenvalue weighted by Gasteiger charge is 2.10. The van der Waals surface area contributed by atoms with Gasteiger partial charge in [-0.15, -0.1) is 11.3 Å². The lowest BCUT2D eigenvalue weighted by Gasteiger charge is -2.06. The topological polar surface area (TPSA) is 69.2 Å². The molecule has 0 atom stereocenters. The monoisotopic (exact) mass is 314 g/mol. The number of rotatable bonds is 2. The number of nitrogens with zero attached hydrogens (tertiary/aromatic N) is 4. The summed E-state index contributed by atoms with van der Waals surface area (Å²) in [6.45, 7) is 1.65. The molecule has 3 rings (SSSR count). The van der Waals surface area contributed by atoms with Gasteiger partial charge in [-0.1, -0.05) is 18.2 Å². The Morgan fingerprint density at radius 2 is 2.05 bits per heavy atom. The molecule has 7 heteroatoms. The zero-order valence-electron chi connectivity index (χ0n) is 12.2. The van der Waals surface area contributed by atoms with Crippen LogP contribution in [0.25, 0.3) is 10.8 Å². The third-order valence-corrected chi connectivity index (χ3v) is 4.17. The Bertz CT molecular complexity index is 981. The molecule has 1 aromatic carbocycles. The van der Waals surface area contributed by atoms with Crippen molar-refractivity contribution in [3.63, 3.8) is 0 Å². The SMILES string of the molecule is Cc1nn(CC(=O)N=c2sccn2C)c(=O)c2ccccc12. The van der Waals surface area contributed by atoms with Crippen molar-refractivity contribution in [2.45, 2.75) is 13.5 Å². The van der Waals surface area contributed by atoms with Crippen molar-refractivity contribution in [3.05, 3.63) is 56.7 Å². The van der Waals surface area contributed by atoms with Gasteiger partial charge in [-0.2, -0.15) is 10.1 Å². The lowest BCUT2D eigenvalue weighted by molar-refractivity contribution is -0.118. The molecule has 0 fully saturated rings. The second-order valence-electron chi connectivity index (χ2n) is 4.90. The molecule has 0 aliphatic carbocycles. The summed E-state index contributed by atoms with van der Waals surface area (Å²) in [6, 6.07) is 7.24. The van der Waals surface area contributed by atoms with Gasteiger partial charge in [-0.05, 0) is 13.0 Å². The fourth-order valence-electron chi connectivity index (χ4n) is 2.22. The molecular weight excluding hydrogens is 300 g/mol. The van der Waals surface area contributed by atoms with Crippen LogP contribution in [0.4, 0.5) is 0 Å². The smallest absolute Gasteiger partial charge is 0.275 e. The predicted octanol–water partition coefficient (Wildman–Crippen LogP) is 1.23. The maximum Gasteiger partial charge on any atom is 0.275 e. The first-order valence-electron chi connectivity index (χ1n) is 6.70. The van der Waals surface area contributed by atoms with Crippen molar-refractivity contribution in [1.82, 2.24) is 14.3 Å². The van der Waals surface area contributed by atoms with Crippen LogP contribution in [-0.4, -0.2) is 20.3 Å². The number of aryl methyl sites for hydroxylation is 2. The molecule has 22 heavy (non-hydrogen) atoms. The summed E-state index contributed by atoms with van der Waals surface area (Å²) in [7, 11) is 1.81. The fraction of sp³-hybridized carbons (Fsp3) is 0.200. The van der Waals surface area contributed by atoms with Gasteiger partial charge in [0.05, 0.1) is 11.1 Å². The van der Waals surface area contributed by atoms with Gasteiger partial charge < -0.3 is 4.57 Å². The summed E-state index contributed by atoms with van der Waals surface area (Å²) >= 11 is 1.37. The van der Waals surface area contributed by atoms with E-state index in [1.165, 1.54) is 16.0 Å². The molecule has 0 aliphatic heterocycles. The molecule has 112 valence electrons. The molecule has 0 saturated heterocycles. The van der Waals surface area contributed by atoms with Gasteiger partial charge in [0.1, 0.15) is 6.54 Å². The Hall–Kier alpha value is -2.54. The van der Waals surface area contributed by atoms with E-state index in [-0.39, 0.29) is 12.1 Å². The number of thiazole rings is 1. The number of carbonyl (C=O) groups is 1. The van der Waals surface area contributed by atoms with Crippen LogP contribution in [0.2, 0.25) is 0 Å². The first-order valence-corrected chi connectivity index (χ1v) is 7.58. The van der Waals surface area contributed by atoms with Gasteiger partial charge in [-0.3, -0.25) is 9.59 Å². The van der Waals surface area contributed by atoms with Crippen molar-refractivity contribution >= 4 is 28.0 Å². The molecule has 1 amide bonds. The number of hydrogen-bond acceptors (Lipinski definition) is 4. The van der Waals surface area contributed by atoms with E-state index in [0.29, 0.717) is 15.9 Å². The summed E-state index contributed by atoms with van der Waals surface area (Å²) in [4.78, 5) is 29.0. The number of amides is 1. The van der Waals surface area contributed by atoms with Gasteiger partial charge in [-0.25, -0.2) is 4.68 Å². The van der Waals surface area contributed by atoms with E-state index in [1.54, 1.807) is 16.7 Å². The van der Waals surface area contributed by atoms with Crippen LogP contribution in [0, 0.1) is 6.92 Å². The van der Waals surface area contributed by atoms with Crippen LogP contribution in [0.1, 0.15) is 5.69 Å². The van der Waals surface area contributed by atoms with Crippen LogP contribution < -0.4 is 10.4 Å². The van der Waals surface area contributed by atoms with E-state index < -0.39 is 5.91 Å². The second kappa shape index (κ2) is 5.69. The highest BCUT2D eigenvalue weighted by atomic mass is 32.1. The number of fused-ring (bicyclic) bond motifs is 1. The summed E-state index contributed by atoms with van der Waals surface area (Å²) in [6.07, 6.45) is 1.82. The molecule has 0 bridgehead atoms. The van der Waals surface area contributed by atoms with Crippen molar-refractivity contribution in [1.29, 1.82) is 0 Å². The van der Waals surface area contributed by atoms with Crippen LogP contribution in [-0.2, 0) is 18.4 Å². The minimum Gasteiger partial charge on any atom is -0.327 e. The lowest BCUT2D eigenvalue weighted by Crippen LogP contribution is -2.28. The lowest BCUT2D eigenvalue weighted by atomic mass is 10.1. The molecular formula is C15H14N4O2S. The summed E-state index contributed by atoms with van der Waals surface area (Å²) in [5, 5.41) is 7.42. The molecule has 2 heterocycles. The Morgan fingerprint density at radius 3 is 2.73 bits per heavy atom. The van der Waals surface area contributed by atoms with Gasteiger partial charge >= 0.3 is 0 Å². The Kier molecular flexibility index (Phi) is 3.72. The van der Waals surface area contributed by atoms with Gasteiger partial charge in [0.25, 0.3) is 11.5 Å². The number of aromatic nitrogens is 3. The molecule has 6 nitrogen and oxygen atoms in total. The zero-order chi connectivity index (χ0) is 15.7. The number of hydrogen-bond donors (Lipinski definition) is 0. The average molecular weight is 314 g/mol. The second-order valence-corrected chi connectivity index (χ2v) is 5.77. The molecule has 3 aromatic rings. The van der Waals surface area contributed by atoms with Crippen molar-refractivity contribution < 1.29 is 4.79 Å². The first-order chi connectivity index (χ1) is 10.6. The number of benzene rings is 1. The highest BCUT2D eigenvalue weighted by Crippen LogP contribution is 2.11. The van der Waals surface area contributed by atoms with E-state index >= 15 is 0 Å². The summed E-state index contributed by atoms with van der Waals surface area (Å²) in [5.41, 5.74) is 0.435. The zero-order valence-corrected chi connectivity index (χ0v) is 13.0. The largest absolute Gasteiger partial charge is 0.327 e. The fourth-order valence-corrected chi connectivity index (χ4v) is 2.96. The van der Waals surface area contributed by atoms with Crippen LogP contribution in [0.3, 0.4) is 0 Å². The summed E-state index contributed by atoms with van der Waals surface area (Å²) < 4.78 is 2.93. The van der Waals surface area contributed by atoms with Gasteiger partial charge in [0.15, 0.2) is 4.80 Å². The highest BCUT2D eigenvalue weighted by molar-refractivity contribution is 7.07. The first kappa shape index (κ1) is 14.4. The van der Waals surface area contributed by atoms with E-state index in [2.05, 4.69) is 10.1 Å². The van der Waals surface area contributed by atoms with E-state index in [4.69, 9.17) is 0 Å². The van der Waals surface area contributed by atoms with Crippen molar-refractivity contribution in [3.8, 4) is 0 Å². The van der Waals surface area contributed by atoms with Gasteiger partial charge in [0.2, 0.25) is 0 Å². The number of carbonyl (C=O) groups excluding carboxylic acids is 1. The maximum absolute atomic E-state index is 12.4. The van der Waals surface area contributed by atoms with E-state index in [1.807, 2.05) is 37.7 Å². The standard InChI is InChI=1S/C15H14N4O2S/c1-10-11-5-3-4-6-12(11)14(21)19(17-10)9-13(20)16-15-18(2)7-8-22-15/h3-8H,9H2,1-2H3. The average Bonchev–Trinajstić information content (AvgIpc) is 2.90. The van der Waals surface area contributed by atoms with Crippen LogP contribution in [0.15, 0.2) is 45.6 Å². The van der Waals surface area contributed by atoms with Crippen LogP contribution >= 0.6 is 11.3 Å². The molecule has 0 N–H and O–H groups in total. The Morgan fingerprint density at radius 1 is 1.32 bits per heavy atom. The summed E-state index contributed by atoms with van der Waals surface area (Å²) in [5.74, 6) is -0.401. The molecule has 0 radical (unpaired) electrons. The Balaban J connectivity index is 2.02. The minimum atomic E-state index is -0.401. The third kappa shape index (κ3) is 2.62. The van der Waals surface area contributed by atoms with Crippen molar-refractivity contribution in [2.75, 3.05) is 0 Å². The van der Waals surface area contributed by atoms with Crippen molar-refractivity contribution in [2.24, 2.45) is 12.0 Å².